The Labute approximate surface area is 243 Å². The molecule has 1 aliphatic rings. The number of benzene rings is 4. The van der Waals surface area contributed by atoms with Gasteiger partial charge in [-0.2, -0.15) is 10.5 Å². The van der Waals surface area contributed by atoms with Crippen LogP contribution in [0.2, 0.25) is 0 Å². The van der Waals surface area contributed by atoms with Crippen molar-refractivity contribution in [2.24, 2.45) is 0 Å². The lowest BCUT2D eigenvalue weighted by molar-refractivity contribution is 0.889. The molecule has 7 aromatic rings. The molecule has 2 aromatic heterocycles. The first-order valence-electron chi connectivity index (χ1n) is 14.0. The first kappa shape index (κ1) is 23.8. The summed E-state index contributed by atoms with van der Waals surface area (Å²) in [6, 6.07) is 44.0. The molecular weight excluding hydrogens is 512 g/mol. The summed E-state index contributed by atoms with van der Waals surface area (Å²) in [5, 5.41) is 23.0. The highest BCUT2D eigenvalue weighted by Gasteiger charge is 2.23. The average molecular weight is 535 g/mol. The zero-order valence-corrected chi connectivity index (χ0v) is 22.6. The summed E-state index contributed by atoms with van der Waals surface area (Å²) in [7, 11) is 0. The molecule has 1 aliphatic carbocycles. The molecule has 2 heterocycles. The van der Waals surface area contributed by atoms with Gasteiger partial charge >= 0.3 is 0 Å². The van der Waals surface area contributed by atoms with Crippen LogP contribution in [-0.4, -0.2) is 9.13 Å². The molecule has 4 nitrogen and oxygen atoms in total. The molecule has 0 atom stereocenters. The Bertz CT molecular complexity index is 2280. The van der Waals surface area contributed by atoms with Crippen LogP contribution in [0.3, 0.4) is 0 Å². The van der Waals surface area contributed by atoms with Gasteiger partial charge in [-0.25, -0.2) is 0 Å². The van der Waals surface area contributed by atoms with Crippen LogP contribution < -0.4 is 0 Å². The number of hydrogen-bond donors (Lipinski definition) is 0. The van der Waals surface area contributed by atoms with Gasteiger partial charge in [0.1, 0.15) is 0 Å². The zero-order valence-electron chi connectivity index (χ0n) is 22.6. The van der Waals surface area contributed by atoms with E-state index in [-0.39, 0.29) is 0 Å². The molecule has 0 saturated heterocycles. The molecule has 0 N–H and O–H groups in total. The number of rotatable bonds is 3. The number of aromatic nitrogens is 2. The third-order valence-corrected chi connectivity index (χ3v) is 8.30. The Morgan fingerprint density at radius 3 is 2.12 bits per heavy atom. The van der Waals surface area contributed by atoms with Crippen LogP contribution >= 0.6 is 0 Å². The molecule has 42 heavy (non-hydrogen) atoms. The molecule has 0 amide bonds. The standard InChI is InChI=1S/C38H22N4/c39-23-25-17-19-37(42-36-16-8-4-12-30(36)32-22-26(24-40)18-20-38(32)42)31(21-25)29-11-3-7-15-35(29)41-33-13-5-1-9-27(33)28-10-2-6-14-34(28)41/h1-2,4-7,9-10,12-15,17-22H,8,16H2. The number of fused-ring (bicyclic) bond motifs is 6. The lowest BCUT2D eigenvalue weighted by Crippen LogP contribution is -2.06. The van der Waals surface area contributed by atoms with Crippen LogP contribution in [0.15, 0.2) is 103 Å². The van der Waals surface area contributed by atoms with E-state index < -0.39 is 0 Å². The van der Waals surface area contributed by atoms with Crippen molar-refractivity contribution in [2.45, 2.75) is 12.8 Å². The van der Waals surface area contributed by atoms with Crippen molar-refractivity contribution in [1.82, 2.24) is 9.13 Å². The second kappa shape index (κ2) is 9.28. The Morgan fingerprint density at radius 2 is 1.36 bits per heavy atom. The summed E-state index contributed by atoms with van der Waals surface area (Å²) in [5.74, 6) is 0. The summed E-state index contributed by atoms with van der Waals surface area (Å²) >= 11 is 0. The van der Waals surface area contributed by atoms with Crippen molar-refractivity contribution in [1.29, 1.82) is 10.5 Å². The highest BCUT2D eigenvalue weighted by Crippen LogP contribution is 2.41. The Balaban J connectivity index is 1.47. The van der Waals surface area contributed by atoms with Crippen molar-refractivity contribution >= 4 is 38.8 Å². The van der Waals surface area contributed by atoms with Crippen LogP contribution in [0.25, 0.3) is 61.3 Å². The van der Waals surface area contributed by atoms with Crippen molar-refractivity contribution in [3.05, 3.63) is 138 Å². The van der Waals surface area contributed by atoms with Crippen molar-refractivity contribution < 1.29 is 0 Å². The van der Waals surface area contributed by atoms with E-state index in [1.807, 2.05) is 42.5 Å². The molecular formula is C38H22N4. The lowest BCUT2D eigenvalue weighted by Gasteiger charge is -2.19. The molecule has 0 unspecified atom stereocenters. The molecule has 0 bridgehead atoms. The topological polar surface area (TPSA) is 57.4 Å². The molecule has 0 spiro atoms. The van der Waals surface area contributed by atoms with Crippen LogP contribution in [0, 0.1) is 34.8 Å². The minimum atomic E-state index is 0.580. The molecule has 0 aliphatic heterocycles. The van der Waals surface area contributed by atoms with E-state index in [0.717, 1.165) is 62.8 Å². The van der Waals surface area contributed by atoms with Crippen molar-refractivity contribution in [2.75, 3.05) is 0 Å². The SMILES string of the molecule is N#Cc1ccc(-n2c3c(c4cc(C#N)ccc42)C=CCC3)c(-c2c#cccc2-n2c3ccccc3c3ccccc32)c1. The lowest BCUT2D eigenvalue weighted by atomic mass is 9.99. The first-order chi connectivity index (χ1) is 20.8. The summed E-state index contributed by atoms with van der Waals surface area (Å²) in [6.07, 6.45) is 6.20. The van der Waals surface area contributed by atoms with Gasteiger partial charge in [0.25, 0.3) is 0 Å². The van der Waals surface area contributed by atoms with E-state index in [9.17, 15) is 10.5 Å². The summed E-state index contributed by atoms with van der Waals surface area (Å²) in [4.78, 5) is 0. The van der Waals surface area contributed by atoms with E-state index in [4.69, 9.17) is 0 Å². The van der Waals surface area contributed by atoms with Crippen LogP contribution in [0.1, 0.15) is 28.8 Å². The van der Waals surface area contributed by atoms with Gasteiger partial charge in [-0.1, -0.05) is 60.7 Å². The third kappa shape index (κ3) is 3.42. The maximum Gasteiger partial charge on any atom is 0.0991 e. The number of nitrogens with zero attached hydrogens (tertiary/aromatic N) is 4. The molecule has 5 aromatic carbocycles. The zero-order chi connectivity index (χ0) is 28.2. The monoisotopic (exact) mass is 534 g/mol. The largest absolute Gasteiger partial charge is 0.312 e. The van der Waals surface area contributed by atoms with Crippen molar-refractivity contribution in [3.63, 3.8) is 0 Å². The van der Waals surface area contributed by atoms with E-state index in [1.54, 1.807) is 0 Å². The van der Waals surface area contributed by atoms with Crippen LogP contribution in [0.4, 0.5) is 0 Å². The predicted octanol–water partition coefficient (Wildman–Crippen LogP) is 8.70. The molecule has 194 valence electrons. The number of nitriles is 2. The quantitative estimate of drug-likeness (QED) is 0.228. The van der Waals surface area contributed by atoms with Gasteiger partial charge < -0.3 is 9.13 Å². The summed E-state index contributed by atoms with van der Waals surface area (Å²) in [6.45, 7) is 0. The maximum atomic E-state index is 9.97. The van der Waals surface area contributed by atoms with Gasteiger partial charge in [0.15, 0.2) is 0 Å². The Hall–Kier alpha value is -6.02. The second-order valence-electron chi connectivity index (χ2n) is 10.6. The third-order valence-electron chi connectivity index (χ3n) is 8.30. The maximum absolute atomic E-state index is 9.97. The van der Waals surface area contributed by atoms with Gasteiger partial charge in [-0.15, -0.1) is 0 Å². The van der Waals surface area contributed by atoms with E-state index in [2.05, 4.69) is 100 Å². The first-order valence-corrected chi connectivity index (χ1v) is 14.0. The molecule has 0 radical (unpaired) electrons. The Morgan fingerprint density at radius 1 is 0.667 bits per heavy atom. The van der Waals surface area contributed by atoms with E-state index >= 15 is 0 Å². The summed E-state index contributed by atoms with van der Waals surface area (Å²) < 4.78 is 4.60. The fourth-order valence-electron chi connectivity index (χ4n) is 6.52. The van der Waals surface area contributed by atoms with E-state index in [1.165, 1.54) is 16.5 Å². The average Bonchev–Trinajstić information content (AvgIpc) is 3.57. The second-order valence-corrected chi connectivity index (χ2v) is 10.6. The summed E-state index contributed by atoms with van der Waals surface area (Å²) in [5.41, 5.74) is 10.5. The molecule has 0 fully saturated rings. The van der Waals surface area contributed by atoms with Crippen LogP contribution in [-0.2, 0) is 6.42 Å². The number of hydrogen-bond acceptors (Lipinski definition) is 2. The molecule has 0 saturated carbocycles. The van der Waals surface area contributed by atoms with Gasteiger partial charge in [0.2, 0.25) is 0 Å². The van der Waals surface area contributed by atoms with Crippen molar-refractivity contribution in [3.8, 4) is 34.6 Å². The predicted molar refractivity (Wildman–Crippen MR) is 168 cm³/mol. The fourth-order valence-corrected chi connectivity index (χ4v) is 6.52. The smallest absolute Gasteiger partial charge is 0.0991 e. The highest BCUT2D eigenvalue weighted by atomic mass is 15.0. The number of para-hydroxylation sites is 2. The highest BCUT2D eigenvalue weighted by molar-refractivity contribution is 6.09. The van der Waals surface area contributed by atoms with Gasteiger partial charge in [0, 0.05) is 33.0 Å². The minimum Gasteiger partial charge on any atom is -0.312 e. The van der Waals surface area contributed by atoms with Gasteiger partial charge in [-0.3, -0.25) is 0 Å². The fraction of sp³-hybridized carbons (Fsp3) is 0.0526. The van der Waals surface area contributed by atoms with Crippen LogP contribution in [0.5, 0.6) is 0 Å². The molecule has 8 rings (SSSR count). The normalized spacial score (nSPS) is 12.2. The minimum absolute atomic E-state index is 0.580. The Kier molecular flexibility index (Phi) is 5.26. The number of allylic oxidation sites excluding steroid dienone is 1. The molecule has 4 heteroatoms. The van der Waals surface area contributed by atoms with Gasteiger partial charge in [-0.05, 0) is 73.5 Å². The van der Waals surface area contributed by atoms with E-state index in [0.29, 0.717) is 11.1 Å². The van der Waals surface area contributed by atoms with Gasteiger partial charge in [0.05, 0.1) is 56.8 Å².